The Morgan fingerprint density at radius 2 is 2.00 bits per heavy atom. The predicted octanol–water partition coefficient (Wildman–Crippen LogP) is 1.34. The van der Waals surface area contributed by atoms with E-state index >= 15 is 0 Å². The van der Waals surface area contributed by atoms with Crippen LogP contribution in [-0.2, 0) is 11.2 Å². The topological polar surface area (TPSA) is 43.8 Å². The molecule has 1 amide bonds. The summed E-state index contributed by atoms with van der Waals surface area (Å²) >= 11 is 0. The van der Waals surface area contributed by atoms with E-state index in [1.807, 2.05) is 0 Å². The van der Waals surface area contributed by atoms with Gasteiger partial charge in [-0.25, -0.2) is 0 Å². The average Bonchev–Trinajstić information content (AvgIpc) is 2.98. The molecule has 0 aromatic heterocycles. The number of rotatable bonds is 4. The maximum atomic E-state index is 11.6. The number of benzene rings is 1. The van der Waals surface area contributed by atoms with Crippen molar-refractivity contribution in [1.82, 2.24) is 4.90 Å². The minimum Gasteiger partial charge on any atom is -0.389 e. The van der Waals surface area contributed by atoms with Crippen LogP contribution in [0.5, 0.6) is 0 Å². The van der Waals surface area contributed by atoms with Gasteiger partial charge in [0.2, 0.25) is 5.91 Å². The summed E-state index contributed by atoms with van der Waals surface area (Å²) in [6, 6.07) is 6.51. The number of nitrogens with zero attached hydrogens (tertiary/aromatic N) is 2. The van der Waals surface area contributed by atoms with E-state index in [2.05, 4.69) is 30.0 Å². The lowest BCUT2D eigenvalue weighted by Crippen LogP contribution is -2.40. The summed E-state index contributed by atoms with van der Waals surface area (Å²) in [7, 11) is 0. The minimum atomic E-state index is -0.469. The molecule has 1 aromatic carbocycles. The van der Waals surface area contributed by atoms with Crippen molar-refractivity contribution >= 4 is 11.6 Å². The summed E-state index contributed by atoms with van der Waals surface area (Å²) in [5, 5.41) is 10.2. The summed E-state index contributed by atoms with van der Waals surface area (Å²) < 4.78 is 0. The van der Waals surface area contributed by atoms with Crippen molar-refractivity contribution in [3.63, 3.8) is 0 Å². The van der Waals surface area contributed by atoms with E-state index in [1.54, 1.807) is 4.90 Å². The van der Waals surface area contributed by atoms with E-state index in [0.717, 1.165) is 25.9 Å². The van der Waals surface area contributed by atoms with Crippen molar-refractivity contribution in [3.05, 3.63) is 29.3 Å². The standard InChI is InChI=1S/C16H22N2O2/c1-12-4-5-13-6-8-17(15(13)9-12)10-14(19)11-18-7-2-3-16(18)20/h4-5,9,14,19H,2-3,6-8,10-11H2,1H3. The Morgan fingerprint density at radius 3 is 2.75 bits per heavy atom. The van der Waals surface area contributed by atoms with Crippen LogP contribution < -0.4 is 4.90 Å². The second-order valence-electron chi connectivity index (χ2n) is 5.93. The van der Waals surface area contributed by atoms with Gasteiger partial charge in [-0.15, -0.1) is 0 Å². The number of β-amino-alcohol motifs (C(OH)–C–C–N with tert-alkyl or cyclic N) is 1. The summed E-state index contributed by atoms with van der Waals surface area (Å²) in [5.41, 5.74) is 3.86. The summed E-state index contributed by atoms with van der Waals surface area (Å²) in [6.45, 7) is 4.93. The Kier molecular flexibility index (Phi) is 3.66. The molecule has 1 saturated heterocycles. The molecule has 0 radical (unpaired) electrons. The van der Waals surface area contributed by atoms with E-state index in [1.165, 1.54) is 16.8 Å². The third kappa shape index (κ3) is 2.66. The predicted molar refractivity (Wildman–Crippen MR) is 78.9 cm³/mol. The summed E-state index contributed by atoms with van der Waals surface area (Å²) in [4.78, 5) is 15.6. The highest BCUT2D eigenvalue weighted by Crippen LogP contribution is 2.29. The van der Waals surface area contributed by atoms with Crippen LogP contribution in [0, 0.1) is 6.92 Å². The Hall–Kier alpha value is -1.55. The molecule has 2 aliphatic rings. The van der Waals surface area contributed by atoms with Crippen LogP contribution in [0.25, 0.3) is 0 Å². The van der Waals surface area contributed by atoms with Gasteiger partial charge in [-0.2, -0.15) is 0 Å². The lowest BCUT2D eigenvalue weighted by Gasteiger charge is -2.26. The molecule has 0 spiro atoms. The van der Waals surface area contributed by atoms with E-state index in [0.29, 0.717) is 19.5 Å². The van der Waals surface area contributed by atoms with Crippen LogP contribution in [0.15, 0.2) is 18.2 Å². The van der Waals surface area contributed by atoms with Crippen molar-refractivity contribution in [2.75, 3.05) is 31.1 Å². The summed E-state index contributed by atoms with van der Waals surface area (Å²) in [5.74, 6) is 0.182. The van der Waals surface area contributed by atoms with Crippen LogP contribution in [0.4, 0.5) is 5.69 Å². The fraction of sp³-hybridized carbons (Fsp3) is 0.562. The zero-order valence-electron chi connectivity index (χ0n) is 12.0. The van der Waals surface area contributed by atoms with Crippen LogP contribution >= 0.6 is 0 Å². The molecule has 1 atom stereocenters. The molecule has 1 aromatic rings. The maximum absolute atomic E-state index is 11.6. The largest absolute Gasteiger partial charge is 0.389 e. The van der Waals surface area contributed by atoms with Crippen LogP contribution in [-0.4, -0.2) is 48.2 Å². The number of amides is 1. The van der Waals surface area contributed by atoms with Crippen LogP contribution in [0.2, 0.25) is 0 Å². The van der Waals surface area contributed by atoms with E-state index in [-0.39, 0.29) is 5.91 Å². The van der Waals surface area contributed by atoms with Crippen molar-refractivity contribution in [1.29, 1.82) is 0 Å². The first kappa shape index (κ1) is 13.4. The van der Waals surface area contributed by atoms with Crippen LogP contribution in [0.1, 0.15) is 24.0 Å². The molecule has 1 unspecified atom stereocenters. The fourth-order valence-corrected chi connectivity index (χ4v) is 3.21. The van der Waals surface area contributed by atoms with Gasteiger partial charge in [0, 0.05) is 38.3 Å². The number of carbonyl (C=O) groups is 1. The zero-order chi connectivity index (χ0) is 14.1. The second kappa shape index (κ2) is 5.44. The smallest absolute Gasteiger partial charge is 0.222 e. The van der Waals surface area contributed by atoms with Gasteiger partial charge in [0.05, 0.1) is 6.10 Å². The third-order valence-electron chi connectivity index (χ3n) is 4.27. The zero-order valence-corrected chi connectivity index (χ0v) is 12.0. The quantitative estimate of drug-likeness (QED) is 0.901. The van der Waals surface area contributed by atoms with Gasteiger partial charge >= 0.3 is 0 Å². The molecule has 4 nitrogen and oxygen atoms in total. The van der Waals surface area contributed by atoms with Gasteiger partial charge in [0.15, 0.2) is 0 Å². The molecule has 20 heavy (non-hydrogen) atoms. The highest BCUT2D eigenvalue weighted by atomic mass is 16.3. The molecule has 3 rings (SSSR count). The van der Waals surface area contributed by atoms with Crippen molar-refractivity contribution in [2.45, 2.75) is 32.3 Å². The fourth-order valence-electron chi connectivity index (χ4n) is 3.21. The molecule has 0 saturated carbocycles. The molecule has 108 valence electrons. The first-order chi connectivity index (χ1) is 9.63. The highest BCUT2D eigenvalue weighted by Gasteiger charge is 2.25. The van der Waals surface area contributed by atoms with E-state index in [4.69, 9.17) is 0 Å². The van der Waals surface area contributed by atoms with Gasteiger partial charge in [0.25, 0.3) is 0 Å². The number of carbonyl (C=O) groups excluding carboxylic acids is 1. The first-order valence-electron chi connectivity index (χ1n) is 7.44. The number of fused-ring (bicyclic) bond motifs is 1. The number of anilines is 1. The maximum Gasteiger partial charge on any atom is 0.222 e. The Labute approximate surface area is 120 Å². The van der Waals surface area contributed by atoms with Crippen molar-refractivity contribution in [3.8, 4) is 0 Å². The molecule has 1 fully saturated rings. The Morgan fingerprint density at radius 1 is 1.20 bits per heavy atom. The lowest BCUT2D eigenvalue weighted by atomic mass is 10.1. The lowest BCUT2D eigenvalue weighted by molar-refractivity contribution is -0.128. The molecule has 2 aliphatic heterocycles. The molecule has 4 heteroatoms. The normalized spacial score (nSPS) is 19.6. The number of aryl methyl sites for hydroxylation is 1. The van der Waals surface area contributed by atoms with E-state index in [9.17, 15) is 9.90 Å². The van der Waals surface area contributed by atoms with Gasteiger partial charge in [-0.1, -0.05) is 12.1 Å². The molecular formula is C16H22N2O2. The van der Waals surface area contributed by atoms with Gasteiger partial charge in [-0.3, -0.25) is 4.79 Å². The number of aliphatic hydroxyl groups excluding tert-OH is 1. The Bertz CT molecular complexity index is 515. The second-order valence-corrected chi connectivity index (χ2v) is 5.93. The molecule has 1 N–H and O–H groups in total. The van der Waals surface area contributed by atoms with Crippen LogP contribution in [0.3, 0.4) is 0 Å². The molecule has 0 bridgehead atoms. The SMILES string of the molecule is Cc1ccc2c(c1)N(CC(O)CN1CCCC1=O)CC2. The van der Waals surface area contributed by atoms with Crippen molar-refractivity contribution < 1.29 is 9.90 Å². The molecule has 0 aliphatic carbocycles. The summed E-state index contributed by atoms with van der Waals surface area (Å²) in [6.07, 6.45) is 2.14. The highest BCUT2D eigenvalue weighted by molar-refractivity contribution is 5.78. The minimum absolute atomic E-state index is 0.182. The monoisotopic (exact) mass is 274 g/mol. The molecule has 2 heterocycles. The third-order valence-corrected chi connectivity index (χ3v) is 4.27. The van der Waals surface area contributed by atoms with E-state index < -0.39 is 6.10 Å². The van der Waals surface area contributed by atoms with Gasteiger partial charge in [-0.05, 0) is 37.0 Å². The molecular weight excluding hydrogens is 252 g/mol. The average molecular weight is 274 g/mol. The Balaban J connectivity index is 1.62. The van der Waals surface area contributed by atoms with Gasteiger partial charge < -0.3 is 14.9 Å². The van der Waals surface area contributed by atoms with Gasteiger partial charge in [0.1, 0.15) is 0 Å². The number of hydrogen-bond donors (Lipinski definition) is 1. The van der Waals surface area contributed by atoms with Crippen molar-refractivity contribution in [2.24, 2.45) is 0 Å². The first-order valence-corrected chi connectivity index (χ1v) is 7.44. The number of likely N-dealkylation sites (tertiary alicyclic amines) is 1. The number of hydrogen-bond acceptors (Lipinski definition) is 3. The number of aliphatic hydroxyl groups is 1.